The second-order valence-electron chi connectivity index (χ2n) is 6.56. The fraction of sp³-hybridized carbons (Fsp3) is 0.333. The summed E-state index contributed by atoms with van der Waals surface area (Å²) in [6, 6.07) is 11.4. The molecule has 2 aromatic carbocycles. The van der Waals surface area contributed by atoms with Crippen LogP contribution in [0.1, 0.15) is 29.8 Å². The molecule has 2 amide bonds. The van der Waals surface area contributed by atoms with Crippen LogP contribution in [0.4, 0.5) is 4.39 Å². The third-order valence-electron chi connectivity index (χ3n) is 4.46. The smallest absolute Gasteiger partial charge is 0.253 e. The molecule has 0 bridgehead atoms. The molecule has 2 rings (SSSR count). The molecule has 162 valence electrons. The van der Waals surface area contributed by atoms with Crippen LogP contribution in [0, 0.1) is 5.82 Å². The van der Waals surface area contributed by atoms with Crippen molar-refractivity contribution in [3.8, 4) is 0 Å². The summed E-state index contributed by atoms with van der Waals surface area (Å²) in [6.45, 7) is 4.98. The number of carbonyl (C=O) groups excluding carboxylic acids is 2. The van der Waals surface area contributed by atoms with Crippen molar-refractivity contribution in [3.05, 3.63) is 65.5 Å². The maximum atomic E-state index is 13.1. The van der Waals surface area contributed by atoms with Gasteiger partial charge >= 0.3 is 0 Å². The van der Waals surface area contributed by atoms with Gasteiger partial charge in [0.2, 0.25) is 15.9 Å². The van der Waals surface area contributed by atoms with E-state index < -0.39 is 15.8 Å². The zero-order chi connectivity index (χ0) is 22.1. The average Bonchev–Trinajstić information content (AvgIpc) is 2.72. The predicted octanol–water partition coefficient (Wildman–Crippen LogP) is 1.94. The van der Waals surface area contributed by atoms with Gasteiger partial charge in [0.1, 0.15) is 5.82 Å². The number of rotatable bonds is 10. The quantitative estimate of drug-likeness (QED) is 0.558. The van der Waals surface area contributed by atoms with Gasteiger partial charge in [-0.1, -0.05) is 12.1 Å². The van der Waals surface area contributed by atoms with Gasteiger partial charge in [0.05, 0.1) is 11.3 Å². The maximum Gasteiger partial charge on any atom is 0.253 e. The first-order valence-electron chi connectivity index (χ1n) is 9.67. The van der Waals surface area contributed by atoms with E-state index in [1.54, 1.807) is 11.0 Å². The van der Waals surface area contributed by atoms with Crippen molar-refractivity contribution in [2.24, 2.45) is 0 Å². The lowest BCUT2D eigenvalue weighted by Gasteiger charge is -2.18. The van der Waals surface area contributed by atoms with Crippen LogP contribution in [0.2, 0.25) is 0 Å². The Bertz CT molecular complexity index is 974. The van der Waals surface area contributed by atoms with Gasteiger partial charge < -0.3 is 10.2 Å². The second kappa shape index (κ2) is 10.8. The Hall–Kier alpha value is -2.78. The number of carbonyl (C=O) groups is 2. The van der Waals surface area contributed by atoms with Crippen molar-refractivity contribution in [1.29, 1.82) is 0 Å². The Morgan fingerprint density at radius 2 is 1.67 bits per heavy atom. The molecule has 9 heteroatoms. The zero-order valence-electron chi connectivity index (χ0n) is 17.0. The molecule has 0 radical (unpaired) electrons. The molecule has 0 saturated carbocycles. The topological polar surface area (TPSA) is 95.6 Å². The van der Waals surface area contributed by atoms with Gasteiger partial charge in [-0.3, -0.25) is 9.59 Å². The Morgan fingerprint density at radius 1 is 1.00 bits per heavy atom. The summed E-state index contributed by atoms with van der Waals surface area (Å²) < 4.78 is 40.3. The van der Waals surface area contributed by atoms with Gasteiger partial charge in [0, 0.05) is 31.7 Å². The number of benzene rings is 2. The summed E-state index contributed by atoms with van der Waals surface area (Å²) in [6.07, 6.45) is 0.00649. The number of amides is 2. The van der Waals surface area contributed by atoms with Crippen molar-refractivity contribution in [1.82, 2.24) is 14.9 Å². The lowest BCUT2D eigenvalue weighted by Crippen LogP contribution is -2.35. The van der Waals surface area contributed by atoms with Crippen LogP contribution in [-0.4, -0.2) is 51.3 Å². The van der Waals surface area contributed by atoms with Crippen LogP contribution in [0.15, 0.2) is 53.4 Å². The minimum atomic E-state index is -3.77. The molecule has 2 aromatic rings. The van der Waals surface area contributed by atoms with E-state index in [0.717, 1.165) is 0 Å². The van der Waals surface area contributed by atoms with E-state index in [2.05, 4.69) is 10.0 Å². The zero-order valence-corrected chi connectivity index (χ0v) is 17.8. The molecule has 0 aliphatic carbocycles. The first kappa shape index (κ1) is 23.5. The van der Waals surface area contributed by atoms with Crippen LogP contribution in [0.25, 0.3) is 0 Å². The third-order valence-corrected chi connectivity index (χ3v) is 5.93. The van der Waals surface area contributed by atoms with Crippen LogP contribution < -0.4 is 10.0 Å². The van der Waals surface area contributed by atoms with E-state index in [9.17, 15) is 22.4 Å². The van der Waals surface area contributed by atoms with E-state index in [0.29, 0.717) is 24.2 Å². The van der Waals surface area contributed by atoms with Crippen molar-refractivity contribution >= 4 is 21.8 Å². The normalized spacial score (nSPS) is 11.2. The highest BCUT2D eigenvalue weighted by atomic mass is 32.2. The maximum absolute atomic E-state index is 13.1. The largest absolute Gasteiger partial charge is 0.355 e. The van der Waals surface area contributed by atoms with E-state index in [1.165, 1.54) is 42.5 Å². The number of halogens is 1. The predicted molar refractivity (Wildman–Crippen MR) is 112 cm³/mol. The SMILES string of the molecule is CCN(CC)C(=O)c1ccc(S(=O)(=O)NCCNC(=O)Cc2cccc(F)c2)cc1. The number of sulfonamides is 1. The van der Waals surface area contributed by atoms with Crippen molar-refractivity contribution in [2.45, 2.75) is 25.2 Å². The fourth-order valence-electron chi connectivity index (χ4n) is 2.84. The van der Waals surface area contributed by atoms with E-state index in [-0.39, 0.29) is 36.2 Å². The molecule has 7 nitrogen and oxygen atoms in total. The Labute approximate surface area is 176 Å². The molecule has 0 heterocycles. The lowest BCUT2D eigenvalue weighted by atomic mass is 10.1. The first-order valence-corrected chi connectivity index (χ1v) is 11.1. The number of nitrogens with zero attached hydrogens (tertiary/aromatic N) is 1. The standard InChI is InChI=1S/C21H26FN3O4S/c1-3-25(4-2)21(27)17-8-10-19(11-9-17)30(28,29)24-13-12-23-20(26)15-16-6-5-7-18(22)14-16/h5-11,14,24H,3-4,12-13,15H2,1-2H3,(H,23,26). The Morgan fingerprint density at radius 3 is 2.27 bits per heavy atom. The minimum absolute atomic E-state index is 0.00263. The monoisotopic (exact) mass is 435 g/mol. The molecule has 0 aliphatic rings. The van der Waals surface area contributed by atoms with Gasteiger partial charge in [-0.05, 0) is 55.8 Å². The molecule has 0 fully saturated rings. The highest BCUT2D eigenvalue weighted by Crippen LogP contribution is 2.12. The lowest BCUT2D eigenvalue weighted by molar-refractivity contribution is -0.120. The van der Waals surface area contributed by atoms with Crippen molar-refractivity contribution in [3.63, 3.8) is 0 Å². The first-order chi connectivity index (χ1) is 14.3. The number of hydrogen-bond donors (Lipinski definition) is 2. The van der Waals surface area contributed by atoms with Gasteiger partial charge in [-0.15, -0.1) is 0 Å². The van der Waals surface area contributed by atoms with Gasteiger partial charge in [0.25, 0.3) is 5.91 Å². The minimum Gasteiger partial charge on any atom is -0.355 e. The molecule has 0 atom stereocenters. The second-order valence-corrected chi connectivity index (χ2v) is 8.32. The molecule has 0 aliphatic heterocycles. The Kier molecular flexibility index (Phi) is 8.49. The van der Waals surface area contributed by atoms with Crippen LogP contribution in [0.5, 0.6) is 0 Å². The average molecular weight is 436 g/mol. The van der Waals surface area contributed by atoms with E-state index in [1.807, 2.05) is 13.8 Å². The molecule has 30 heavy (non-hydrogen) atoms. The summed E-state index contributed by atoms with van der Waals surface area (Å²) in [7, 11) is -3.77. The number of nitrogens with one attached hydrogen (secondary N) is 2. The molecule has 2 N–H and O–H groups in total. The Balaban J connectivity index is 1.85. The molecule has 0 spiro atoms. The van der Waals surface area contributed by atoms with Crippen LogP contribution in [0.3, 0.4) is 0 Å². The summed E-state index contributed by atoms with van der Waals surface area (Å²) in [5.41, 5.74) is 0.953. The van der Waals surface area contributed by atoms with Crippen molar-refractivity contribution in [2.75, 3.05) is 26.2 Å². The molecular formula is C21H26FN3O4S. The molecule has 0 unspecified atom stereocenters. The fourth-order valence-corrected chi connectivity index (χ4v) is 3.87. The third kappa shape index (κ3) is 6.64. The summed E-state index contributed by atoms with van der Waals surface area (Å²) in [5.74, 6) is -0.908. The highest BCUT2D eigenvalue weighted by molar-refractivity contribution is 7.89. The number of hydrogen-bond acceptors (Lipinski definition) is 4. The molecule has 0 saturated heterocycles. The van der Waals surface area contributed by atoms with E-state index >= 15 is 0 Å². The van der Waals surface area contributed by atoms with Gasteiger partial charge in [-0.25, -0.2) is 17.5 Å². The summed E-state index contributed by atoms with van der Waals surface area (Å²) >= 11 is 0. The highest BCUT2D eigenvalue weighted by Gasteiger charge is 2.16. The summed E-state index contributed by atoms with van der Waals surface area (Å²) in [4.78, 5) is 25.8. The summed E-state index contributed by atoms with van der Waals surface area (Å²) in [5, 5.41) is 2.59. The molecular weight excluding hydrogens is 409 g/mol. The van der Waals surface area contributed by atoms with Gasteiger partial charge in [-0.2, -0.15) is 0 Å². The molecule has 0 aromatic heterocycles. The van der Waals surface area contributed by atoms with E-state index in [4.69, 9.17) is 0 Å². The van der Waals surface area contributed by atoms with Crippen LogP contribution >= 0.6 is 0 Å². The van der Waals surface area contributed by atoms with Crippen LogP contribution in [-0.2, 0) is 21.2 Å². The van der Waals surface area contributed by atoms with Gasteiger partial charge in [0.15, 0.2) is 0 Å². The van der Waals surface area contributed by atoms with Crippen molar-refractivity contribution < 1.29 is 22.4 Å².